The number of aliphatic hydroxyl groups excluding tert-OH is 13. The van der Waals surface area contributed by atoms with Gasteiger partial charge in [-0.25, -0.2) is 0 Å². The van der Waals surface area contributed by atoms with E-state index in [9.17, 15) is 80.6 Å². The van der Waals surface area contributed by atoms with Gasteiger partial charge in [-0.05, 0) is 12.8 Å². The van der Waals surface area contributed by atoms with E-state index in [0.29, 0.717) is 12.8 Å². The highest BCUT2D eigenvalue weighted by molar-refractivity contribution is 7.45. The topological polar surface area (TPSA) is 414 Å². The molecule has 0 spiro atoms. The van der Waals surface area contributed by atoms with Gasteiger partial charge in [-0.2, -0.15) is 0 Å². The Morgan fingerprint density at radius 3 is 1.35 bits per heavy atom. The van der Waals surface area contributed by atoms with Crippen molar-refractivity contribution in [3.8, 4) is 0 Å². The lowest BCUT2D eigenvalue weighted by Crippen LogP contribution is -2.68. The summed E-state index contributed by atoms with van der Waals surface area (Å²) < 4.78 is 46.3. The predicted octanol–water partition coefficient (Wildman–Crippen LogP) is 3.16. The predicted molar refractivity (Wildman–Crippen MR) is 314 cm³/mol. The number of hydrogen-bond donors (Lipinski definition) is 15. The number of aliphatic hydroxyl groups is 13. The molecule has 504 valence electrons. The third kappa shape index (κ3) is 28.9. The van der Waals surface area contributed by atoms with Crippen molar-refractivity contribution in [1.82, 2.24) is 5.32 Å². The Morgan fingerprint density at radius 2 is 0.906 bits per heavy atom. The molecule has 0 radical (unpaired) electrons. The third-order valence-electron chi connectivity index (χ3n) is 17.1. The SMILES string of the molecule is CCCCCCCCCCCCCCCCCCCCCCC(O)C(=O)NC(COP(=O)([O-])O[C@H]1[C@H](O)[C@@H](O)[C@H](O)[C@@H](O)[C@H]1O[C@H]1O[C@H](CO[C@H]2O[C@H](CO)[C@@H](O)[C@H](O)[C@@H]2O)[C@@H](O)[C@H](O)[C@H]1N)C(O)C(O)CCCCCCCCCCCCCC. The van der Waals surface area contributed by atoms with Gasteiger partial charge in [0.15, 0.2) is 12.6 Å². The van der Waals surface area contributed by atoms with Crippen LogP contribution in [0.15, 0.2) is 0 Å². The fourth-order valence-electron chi connectivity index (χ4n) is 11.4. The van der Waals surface area contributed by atoms with Crippen molar-refractivity contribution in [2.45, 2.75) is 354 Å². The van der Waals surface area contributed by atoms with Gasteiger partial charge >= 0.3 is 0 Å². The highest BCUT2D eigenvalue weighted by Gasteiger charge is 2.55. The van der Waals surface area contributed by atoms with Crippen molar-refractivity contribution in [1.29, 1.82) is 0 Å². The van der Waals surface area contributed by atoms with Gasteiger partial charge in [0.1, 0.15) is 91.6 Å². The number of phosphoric ester groups is 1. The molecule has 21 atom stereocenters. The van der Waals surface area contributed by atoms with Crippen LogP contribution >= 0.6 is 7.82 Å². The lowest BCUT2D eigenvalue weighted by Gasteiger charge is -2.48. The molecule has 0 aromatic heterocycles. The molecule has 0 aromatic carbocycles. The number of unbranched alkanes of at least 4 members (excludes halogenated alkanes) is 30. The molecule has 1 aliphatic carbocycles. The first-order chi connectivity index (χ1) is 40.7. The van der Waals surface area contributed by atoms with E-state index in [1.807, 2.05) is 0 Å². The summed E-state index contributed by atoms with van der Waals surface area (Å²) in [4.78, 5) is 27.2. The molecule has 2 saturated heterocycles. The molecule has 3 fully saturated rings. The molecule has 85 heavy (non-hydrogen) atoms. The summed E-state index contributed by atoms with van der Waals surface area (Å²) in [6.45, 7) is 1.80. The summed E-state index contributed by atoms with van der Waals surface area (Å²) >= 11 is 0. The molecule has 1 saturated carbocycles. The van der Waals surface area contributed by atoms with E-state index in [4.69, 9.17) is 33.7 Å². The molecular formula is C60H116N2O22P-. The minimum absolute atomic E-state index is 0.0624. The highest BCUT2D eigenvalue weighted by atomic mass is 31.2. The van der Waals surface area contributed by atoms with Gasteiger partial charge < -0.3 is 110 Å². The van der Waals surface area contributed by atoms with Gasteiger partial charge in [0.05, 0.1) is 38.0 Å². The van der Waals surface area contributed by atoms with Crippen LogP contribution in [0, 0.1) is 0 Å². The van der Waals surface area contributed by atoms with Gasteiger partial charge in [0.2, 0.25) is 5.91 Å². The standard InChI is InChI=1S/C60H117N2O22P/c1-3-5-7-9-11-13-15-17-18-19-20-21-22-23-24-26-28-30-32-34-36-42(65)58(76)62-40(46(66)41(64)35-33-31-29-27-25-16-14-12-10-8-6-4-2)38-80-85(77,78)84-57-54(74)52(72)51(71)53(73)56(57)83-59-45(61)49(69)48(68)44(82-59)39-79-60-55(75)50(70)47(67)43(37-63)81-60/h40-57,59-60,63-75H,3-39,61H2,1-2H3,(H,62,76)(H,77,78)/p-1/t40?,41?,42?,43-,44-,45-,46?,47-,48-,49-,50+,51+,52+,53-,54-,55+,56-,57+,59-,60+/m1/s1. The van der Waals surface area contributed by atoms with Crippen LogP contribution in [0.5, 0.6) is 0 Å². The highest BCUT2D eigenvalue weighted by Crippen LogP contribution is 2.44. The normalized spacial score (nSPS) is 31.3. The van der Waals surface area contributed by atoms with Crippen molar-refractivity contribution >= 4 is 13.7 Å². The molecule has 16 N–H and O–H groups in total. The first-order valence-electron chi connectivity index (χ1n) is 32.8. The molecule has 25 heteroatoms. The first kappa shape index (κ1) is 78.1. The number of amides is 1. The van der Waals surface area contributed by atoms with Gasteiger partial charge in [0.25, 0.3) is 7.82 Å². The molecule has 0 aromatic rings. The summed E-state index contributed by atoms with van der Waals surface area (Å²) in [6, 6.07) is -3.38. The van der Waals surface area contributed by atoms with Crippen molar-refractivity contribution in [3.63, 3.8) is 0 Å². The van der Waals surface area contributed by atoms with Crippen LogP contribution in [0.1, 0.15) is 232 Å². The number of nitrogens with two attached hydrogens (primary N) is 1. The second kappa shape index (κ2) is 44.4. The minimum Gasteiger partial charge on any atom is -0.756 e. The van der Waals surface area contributed by atoms with E-state index in [1.54, 1.807) is 0 Å². The van der Waals surface area contributed by atoms with Gasteiger partial charge in [-0.15, -0.1) is 0 Å². The lowest BCUT2D eigenvalue weighted by atomic mass is 9.84. The largest absolute Gasteiger partial charge is 0.756 e. The van der Waals surface area contributed by atoms with E-state index >= 15 is 0 Å². The molecule has 0 bridgehead atoms. The monoisotopic (exact) mass is 1250 g/mol. The first-order valence-corrected chi connectivity index (χ1v) is 34.2. The zero-order valence-electron chi connectivity index (χ0n) is 51.2. The minimum atomic E-state index is -5.83. The molecule has 2 heterocycles. The Labute approximate surface area is 506 Å². The molecule has 1 amide bonds. The number of hydrogen-bond acceptors (Lipinski definition) is 23. The summed E-state index contributed by atoms with van der Waals surface area (Å²) in [6.07, 6.45) is 2.29. The number of rotatable bonds is 49. The lowest BCUT2D eigenvalue weighted by molar-refractivity contribution is -0.336. The maximum absolute atomic E-state index is 13.7. The number of phosphoric acid groups is 1. The fourth-order valence-corrected chi connectivity index (χ4v) is 12.4. The van der Waals surface area contributed by atoms with E-state index in [-0.39, 0.29) is 12.8 Å². The summed E-state index contributed by atoms with van der Waals surface area (Å²) in [5.41, 5.74) is 6.12. The summed E-state index contributed by atoms with van der Waals surface area (Å²) in [7, 11) is -5.83. The molecule has 2 aliphatic heterocycles. The van der Waals surface area contributed by atoms with Crippen molar-refractivity contribution < 1.29 is 109 Å². The smallest absolute Gasteiger partial charge is 0.268 e. The Bertz CT molecular complexity index is 1740. The second-order valence-corrected chi connectivity index (χ2v) is 25.7. The van der Waals surface area contributed by atoms with Crippen LogP contribution in [0.2, 0.25) is 0 Å². The number of nitrogens with one attached hydrogen (secondary N) is 1. The zero-order valence-corrected chi connectivity index (χ0v) is 52.1. The van der Waals surface area contributed by atoms with Crippen LogP contribution in [-0.2, 0) is 37.4 Å². The quantitative estimate of drug-likeness (QED) is 0.0307. The van der Waals surface area contributed by atoms with E-state index in [1.165, 1.54) is 128 Å². The maximum Gasteiger partial charge on any atom is 0.268 e. The van der Waals surface area contributed by atoms with E-state index in [0.717, 1.165) is 64.2 Å². The number of carbonyl (C=O) groups excluding carboxylic acids is 1. The average molecular weight is 1250 g/mol. The fraction of sp³-hybridized carbons (Fsp3) is 0.983. The van der Waals surface area contributed by atoms with Gasteiger partial charge in [-0.3, -0.25) is 9.36 Å². The summed E-state index contributed by atoms with van der Waals surface area (Å²) in [5.74, 6) is -0.964. The third-order valence-corrected chi connectivity index (χ3v) is 18.1. The number of ether oxygens (including phenoxy) is 4. The number of carbonyl (C=O) groups is 1. The summed E-state index contributed by atoms with van der Waals surface area (Å²) in [5, 5.41) is 142. The van der Waals surface area contributed by atoms with Crippen molar-refractivity contribution in [3.05, 3.63) is 0 Å². The van der Waals surface area contributed by atoms with Crippen LogP contribution in [0.3, 0.4) is 0 Å². The molecule has 5 unspecified atom stereocenters. The Hall–Kier alpha value is -1.14. The average Bonchev–Trinajstić information content (AvgIpc) is 2.86. The van der Waals surface area contributed by atoms with E-state index < -0.39 is 156 Å². The Kier molecular flexibility index (Phi) is 40.8. The molecule has 24 nitrogen and oxygen atoms in total. The van der Waals surface area contributed by atoms with Crippen LogP contribution in [0.4, 0.5) is 0 Å². The molecule has 3 rings (SSSR count). The van der Waals surface area contributed by atoms with E-state index in [2.05, 4.69) is 19.2 Å². The Morgan fingerprint density at radius 1 is 0.518 bits per heavy atom. The van der Waals surface area contributed by atoms with Gasteiger partial charge in [-0.1, -0.05) is 219 Å². The van der Waals surface area contributed by atoms with Crippen LogP contribution in [-0.4, -0.2) is 214 Å². The van der Waals surface area contributed by atoms with Crippen molar-refractivity contribution in [2.75, 3.05) is 19.8 Å². The van der Waals surface area contributed by atoms with Crippen molar-refractivity contribution in [2.24, 2.45) is 5.73 Å². The maximum atomic E-state index is 13.7. The van der Waals surface area contributed by atoms with Crippen LogP contribution < -0.4 is 15.9 Å². The molecular weight excluding hydrogens is 1130 g/mol. The van der Waals surface area contributed by atoms with Gasteiger partial charge in [0, 0.05) is 0 Å². The second-order valence-electron chi connectivity index (χ2n) is 24.4. The van der Waals surface area contributed by atoms with Crippen LogP contribution in [0.25, 0.3) is 0 Å². The Balaban J connectivity index is 1.59. The molecule has 3 aliphatic rings. The zero-order chi connectivity index (χ0) is 62.7.